The number of nitrogens with zero attached hydrogens (tertiary/aromatic N) is 3. The molecule has 1 N–H and O–H groups in total. The topological polar surface area (TPSA) is 56.3 Å². The maximum absolute atomic E-state index is 12.5. The van der Waals surface area contributed by atoms with Gasteiger partial charge in [0.05, 0.1) is 0 Å². The Hall–Kier alpha value is -1.63. The van der Waals surface area contributed by atoms with Gasteiger partial charge in [-0.25, -0.2) is 0 Å². The van der Waals surface area contributed by atoms with Crippen LogP contribution in [0.2, 0.25) is 0 Å². The molecule has 1 aromatic rings. The molecule has 0 bridgehead atoms. The van der Waals surface area contributed by atoms with E-state index >= 15 is 0 Å². The highest BCUT2D eigenvalue weighted by atomic mass is 16.5. The zero-order valence-electron chi connectivity index (χ0n) is 18.1. The van der Waals surface area contributed by atoms with Gasteiger partial charge >= 0.3 is 0 Å². The molecule has 1 amide bonds. The van der Waals surface area contributed by atoms with E-state index in [0.29, 0.717) is 13.0 Å². The van der Waals surface area contributed by atoms with Crippen LogP contribution in [0.5, 0.6) is 5.75 Å². The van der Waals surface area contributed by atoms with Gasteiger partial charge in [0.15, 0.2) is 0 Å². The molecule has 6 nitrogen and oxygen atoms in total. The Kier molecular flexibility index (Phi) is 8.33. The minimum Gasteiger partial charge on any atom is -0.491 e. The average Bonchev–Trinajstić information content (AvgIpc) is 2.74. The van der Waals surface area contributed by atoms with Crippen molar-refractivity contribution in [3.63, 3.8) is 0 Å². The number of hydrogen-bond acceptors (Lipinski definition) is 5. The van der Waals surface area contributed by atoms with Crippen LogP contribution in [0.4, 0.5) is 0 Å². The molecule has 0 saturated carbocycles. The Morgan fingerprint density at radius 2 is 1.72 bits per heavy atom. The maximum atomic E-state index is 12.5. The third-order valence-electron chi connectivity index (χ3n) is 6.21. The number of likely N-dealkylation sites (tertiary alicyclic amines) is 1. The highest BCUT2D eigenvalue weighted by molar-refractivity contribution is 5.76. The number of aliphatic hydroxyl groups is 1. The summed E-state index contributed by atoms with van der Waals surface area (Å²) >= 11 is 0. The first-order chi connectivity index (χ1) is 14.0. The molecule has 3 rings (SSSR count). The van der Waals surface area contributed by atoms with Crippen LogP contribution in [-0.4, -0.2) is 90.8 Å². The predicted molar refractivity (Wildman–Crippen MR) is 115 cm³/mol. The lowest BCUT2D eigenvalue weighted by Crippen LogP contribution is -2.51. The summed E-state index contributed by atoms with van der Waals surface area (Å²) < 4.78 is 5.75. The maximum Gasteiger partial charge on any atom is 0.223 e. The van der Waals surface area contributed by atoms with Crippen LogP contribution >= 0.6 is 0 Å². The fraction of sp³-hybridized carbons (Fsp3) is 0.696. The van der Waals surface area contributed by atoms with Crippen molar-refractivity contribution >= 4 is 5.91 Å². The number of β-amino-alcohol motifs (C(OH)–C–C–N with tert-alkyl or cyclic N) is 1. The minimum absolute atomic E-state index is 0.272. The van der Waals surface area contributed by atoms with Crippen molar-refractivity contribution in [2.24, 2.45) is 0 Å². The molecule has 0 aromatic heterocycles. The zero-order valence-corrected chi connectivity index (χ0v) is 18.1. The van der Waals surface area contributed by atoms with Crippen molar-refractivity contribution in [1.29, 1.82) is 0 Å². The summed E-state index contributed by atoms with van der Waals surface area (Å²) in [7, 11) is 0. The van der Waals surface area contributed by atoms with E-state index in [1.54, 1.807) is 0 Å². The molecule has 1 unspecified atom stereocenters. The van der Waals surface area contributed by atoms with Gasteiger partial charge in [0.25, 0.3) is 0 Å². The van der Waals surface area contributed by atoms with Crippen molar-refractivity contribution in [2.45, 2.75) is 45.6 Å². The summed E-state index contributed by atoms with van der Waals surface area (Å²) in [6, 6.07) is 6.00. The first kappa shape index (κ1) is 22.1. The summed E-state index contributed by atoms with van der Waals surface area (Å²) in [5, 5.41) is 10.3. The number of aliphatic hydroxyl groups excluding tert-OH is 1. The smallest absolute Gasteiger partial charge is 0.223 e. The third-order valence-corrected chi connectivity index (χ3v) is 6.21. The van der Waals surface area contributed by atoms with E-state index in [1.165, 1.54) is 30.4 Å². The predicted octanol–water partition coefficient (Wildman–Crippen LogP) is 2.06. The van der Waals surface area contributed by atoms with Crippen LogP contribution in [0.3, 0.4) is 0 Å². The number of carbonyl (C=O) groups is 1. The van der Waals surface area contributed by atoms with E-state index in [0.717, 1.165) is 51.6 Å². The Morgan fingerprint density at radius 1 is 1.00 bits per heavy atom. The molecule has 0 spiro atoms. The summed E-state index contributed by atoms with van der Waals surface area (Å²) in [5.41, 5.74) is 2.43. The van der Waals surface area contributed by atoms with Gasteiger partial charge in [-0.3, -0.25) is 9.69 Å². The molecule has 0 aliphatic carbocycles. The number of hydrogen-bond donors (Lipinski definition) is 1. The van der Waals surface area contributed by atoms with Crippen LogP contribution in [-0.2, 0) is 4.79 Å². The molecule has 2 fully saturated rings. The number of aryl methyl sites for hydroxylation is 2. The summed E-state index contributed by atoms with van der Waals surface area (Å²) in [5.74, 6) is 1.07. The summed E-state index contributed by atoms with van der Waals surface area (Å²) in [4.78, 5) is 19.1. The van der Waals surface area contributed by atoms with Gasteiger partial charge in [-0.15, -0.1) is 0 Å². The van der Waals surface area contributed by atoms with E-state index in [2.05, 4.69) is 23.6 Å². The van der Waals surface area contributed by atoms with Gasteiger partial charge in [-0.2, -0.15) is 0 Å². The number of benzene rings is 1. The molecule has 0 radical (unpaired) electrons. The molecule has 2 aliphatic rings. The van der Waals surface area contributed by atoms with Crippen molar-refractivity contribution < 1.29 is 14.6 Å². The van der Waals surface area contributed by atoms with E-state index in [1.807, 2.05) is 23.1 Å². The minimum atomic E-state index is -0.530. The normalized spacial score (nSPS) is 19.9. The molecule has 2 heterocycles. The fourth-order valence-corrected chi connectivity index (χ4v) is 4.12. The van der Waals surface area contributed by atoms with Crippen molar-refractivity contribution in [2.75, 3.05) is 59.0 Å². The summed E-state index contributed by atoms with van der Waals surface area (Å²) in [6.45, 7) is 11.3. The van der Waals surface area contributed by atoms with Crippen molar-refractivity contribution in [3.05, 3.63) is 29.3 Å². The van der Waals surface area contributed by atoms with E-state index < -0.39 is 6.10 Å². The van der Waals surface area contributed by atoms with Crippen LogP contribution in [0, 0.1) is 13.8 Å². The molecule has 29 heavy (non-hydrogen) atoms. The summed E-state index contributed by atoms with van der Waals surface area (Å²) in [6.07, 6.45) is 3.96. The molecule has 2 aliphatic heterocycles. The molecular weight excluding hydrogens is 366 g/mol. The molecule has 162 valence electrons. The highest BCUT2D eigenvalue weighted by Gasteiger charge is 2.23. The Morgan fingerprint density at radius 3 is 2.41 bits per heavy atom. The third kappa shape index (κ3) is 6.98. The molecule has 2 saturated heterocycles. The van der Waals surface area contributed by atoms with Gasteiger partial charge < -0.3 is 19.6 Å². The standard InChI is InChI=1S/C23H37N3O3/c1-19-6-7-22(16-20(19)2)29-18-21(27)17-25-12-14-26(15-13-25)23(28)8-11-24-9-4-3-5-10-24/h6-7,16,21,27H,3-5,8-15,17-18H2,1-2H3. The number of amides is 1. The van der Waals surface area contributed by atoms with Crippen LogP contribution in [0.1, 0.15) is 36.8 Å². The van der Waals surface area contributed by atoms with Crippen LogP contribution < -0.4 is 4.74 Å². The largest absolute Gasteiger partial charge is 0.491 e. The lowest BCUT2D eigenvalue weighted by atomic mass is 10.1. The van der Waals surface area contributed by atoms with E-state index in [9.17, 15) is 9.90 Å². The van der Waals surface area contributed by atoms with Gasteiger partial charge in [0.1, 0.15) is 18.5 Å². The number of rotatable bonds is 8. The second kappa shape index (κ2) is 11.0. The van der Waals surface area contributed by atoms with Crippen molar-refractivity contribution in [3.8, 4) is 5.75 Å². The monoisotopic (exact) mass is 403 g/mol. The SMILES string of the molecule is Cc1ccc(OCC(O)CN2CCN(C(=O)CCN3CCCCC3)CC2)cc1C. The number of piperidine rings is 1. The second-order valence-corrected chi connectivity index (χ2v) is 8.54. The fourth-order valence-electron chi connectivity index (χ4n) is 4.12. The first-order valence-corrected chi connectivity index (χ1v) is 11.1. The lowest BCUT2D eigenvalue weighted by molar-refractivity contribution is -0.133. The Bertz CT molecular complexity index is 653. The van der Waals surface area contributed by atoms with Gasteiger partial charge in [0.2, 0.25) is 5.91 Å². The quantitative estimate of drug-likeness (QED) is 0.720. The molecule has 1 atom stereocenters. The molecular formula is C23H37N3O3. The molecule has 6 heteroatoms. The second-order valence-electron chi connectivity index (χ2n) is 8.54. The Labute approximate surface area is 175 Å². The van der Waals surface area contributed by atoms with E-state index in [4.69, 9.17) is 4.74 Å². The van der Waals surface area contributed by atoms with Crippen molar-refractivity contribution in [1.82, 2.24) is 14.7 Å². The Balaban J connectivity index is 1.32. The van der Waals surface area contributed by atoms with E-state index in [-0.39, 0.29) is 12.5 Å². The lowest BCUT2D eigenvalue weighted by Gasteiger charge is -2.36. The number of ether oxygens (including phenoxy) is 1. The molecule has 1 aromatic carbocycles. The number of carbonyl (C=O) groups excluding carboxylic acids is 1. The van der Waals surface area contributed by atoms with Gasteiger partial charge in [0, 0.05) is 45.7 Å². The van der Waals surface area contributed by atoms with Gasteiger partial charge in [-0.1, -0.05) is 12.5 Å². The first-order valence-electron chi connectivity index (χ1n) is 11.1. The van der Waals surface area contributed by atoms with Gasteiger partial charge in [-0.05, 0) is 63.0 Å². The van der Waals surface area contributed by atoms with Crippen LogP contribution in [0.25, 0.3) is 0 Å². The average molecular weight is 404 g/mol. The number of piperazine rings is 1. The van der Waals surface area contributed by atoms with Crippen LogP contribution in [0.15, 0.2) is 18.2 Å². The highest BCUT2D eigenvalue weighted by Crippen LogP contribution is 2.17. The zero-order chi connectivity index (χ0) is 20.6.